The smallest absolute Gasteiger partial charge is 0.340 e. The van der Waals surface area contributed by atoms with E-state index in [1.54, 1.807) is 10.6 Å². The minimum atomic E-state index is -0.377. The molecule has 3 aromatic rings. The zero-order valence-electron chi connectivity index (χ0n) is 15.6. The van der Waals surface area contributed by atoms with Crippen LogP contribution < -0.4 is 17.0 Å². The van der Waals surface area contributed by atoms with Crippen LogP contribution in [0.5, 0.6) is 0 Å². The Bertz CT molecular complexity index is 1090. The van der Waals surface area contributed by atoms with Crippen molar-refractivity contribution in [1.82, 2.24) is 15.0 Å². The Morgan fingerprint density at radius 3 is 2.56 bits per heavy atom. The highest BCUT2D eigenvalue weighted by Crippen LogP contribution is 2.37. The Hall–Kier alpha value is -3.37. The fourth-order valence-electron chi connectivity index (χ4n) is 3.82. The van der Waals surface area contributed by atoms with Crippen molar-refractivity contribution in [2.24, 2.45) is 5.84 Å². The van der Waals surface area contributed by atoms with Crippen molar-refractivity contribution in [2.75, 3.05) is 5.73 Å². The lowest BCUT2D eigenvalue weighted by molar-refractivity contribution is 0.243. The van der Waals surface area contributed by atoms with Crippen LogP contribution in [0, 0.1) is 18.3 Å². The molecule has 0 spiro atoms. The van der Waals surface area contributed by atoms with Gasteiger partial charge in [0.25, 0.3) is 0 Å². The number of nitrogen functional groups attached to an aromatic ring is 2. The summed E-state index contributed by atoms with van der Waals surface area (Å²) in [4.78, 5) is 16.4. The highest BCUT2D eigenvalue weighted by molar-refractivity contribution is 6.00. The maximum Gasteiger partial charge on any atom is 0.340 e. The molecule has 27 heavy (non-hydrogen) atoms. The second-order valence-corrected chi connectivity index (χ2v) is 6.31. The van der Waals surface area contributed by atoms with Crippen LogP contribution in [0.2, 0.25) is 0 Å². The van der Waals surface area contributed by atoms with E-state index >= 15 is 0 Å². The molecule has 2 aromatic heterocycles. The molecule has 3 rings (SSSR count). The number of carbonyl (C=O) groups is 1. The summed E-state index contributed by atoms with van der Waals surface area (Å²) in [5.74, 6) is 5.74. The molecular formula is C20H22N6O. The third-order valence-electron chi connectivity index (χ3n) is 4.98. The summed E-state index contributed by atoms with van der Waals surface area (Å²) in [6, 6.07) is 7.35. The molecule has 0 atom stereocenters. The van der Waals surface area contributed by atoms with E-state index in [-0.39, 0.29) is 6.03 Å². The normalized spacial score (nSPS) is 10.8. The predicted molar refractivity (Wildman–Crippen MR) is 106 cm³/mol. The van der Waals surface area contributed by atoms with Crippen LogP contribution in [-0.2, 0) is 12.8 Å². The molecule has 0 radical (unpaired) electrons. The lowest BCUT2D eigenvalue weighted by Gasteiger charge is -2.13. The van der Waals surface area contributed by atoms with Gasteiger partial charge in [0.1, 0.15) is 11.9 Å². The van der Waals surface area contributed by atoms with Crippen molar-refractivity contribution in [3.8, 4) is 17.2 Å². The minimum Gasteiger partial charge on any atom is -0.384 e. The molecule has 1 aromatic carbocycles. The maximum absolute atomic E-state index is 12.3. The average molecular weight is 362 g/mol. The number of nitriles is 1. The summed E-state index contributed by atoms with van der Waals surface area (Å²) in [5, 5.41) is 10.5. The van der Waals surface area contributed by atoms with Crippen LogP contribution in [-0.4, -0.2) is 15.6 Å². The molecule has 0 saturated carbocycles. The van der Waals surface area contributed by atoms with E-state index in [1.165, 1.54) is 6.20 Å². The van der Waals surface area contributed by atoms with Crippen molar-refractivity contribution in [3.05, 3.63) is 46.8 Å². The summed E-state index contributed by atoms with van der Waals surface area (Å²) >= 11 is 0. The Kier molecular flexibility index (Phi) is 4.84. The first-order valence-electron chi connectivity index (χ1n) is 8.81. The average Bonchev–Trinajstić information content (AvgIpc) is 2.97. The van der Waals surface area contributed by atoms with Crippen molar-refractivity contribution in [1.29, 1.82) is 5.26 Å². The van der Waals surface area contributed by atoms with Gasteiger partial charge >= 0.3 is 6.03 Å². The number of hydrogen-bond acceptors (Lipinski definition) is 5. The number of hydrogen-bond donors (Lipinski definition) is 3. The standard InChI is InChI=1S/C20H22N6O/c1-4-13-11(3)26(20(27)25-23)17-7-6-15(14(5-2)19(13)17)16-8-18(22)24-10-12(16)9-21/h6-8,10H,4-5,23H2,1-3H3,(H2,22,24)(H,25,27). The number of nitrogens with zero attached hydrogens (tertiary/aromatic N) is 3. The van der Waals surface area contributed by atoms with Crippen LogP contribution in [0.4, 0.5) is 10.6 Å². The second kappa shape index (κ2) is 7.09. The number of fused-ring (bicyclic) bond motifs is 1. The van der Waals surface area contributed by atoms with E-state index in [0.29, 0.717) is 11.4 Å². The molecule has 7 nitrogen and oxygen atoms in total. The first-order chi connectivity index (χ1) is 13.0. The molecule has 0 saturated heterocycles. The van der Waals surface area contributed by atoms with Crippen LogP contribution in [0.1, 0.15) is 36.2 Å². The number of nitrogens with one attached hydrogen (secondary N) is 1. The SMILES string of the molecule is CCc1c(-c2cc(N)ncc2C#N)ccc2c1c(CC)c(C)n2C(=O)NN. The van der Waals surface area contributed by atoms with Gasteiger partial charge in [-0.25, -0.2) is 15.6 Å². The van der Waals surface area contributed by atoms with Gasteiger partial charge in [-0.1, -0.05) is 19.9 Å². The van der Waals surface area contributed by atoms with Crippen LogP contribution >= 0.6 is 0 Å². The van der Waals surface area contributed by atoms with Crippen LogP contribution in [0.15, 0.2) is 24.4 Å². The molecule has 1 amide bonds. The van der Waals surface area contributed by atoms with E-state index in [0.717, 1.165) is 51.7 Å². The van der Waals surface area contributed by atoms with Gasteiger partial charge < -0.3 is 5.73 Å². The molecule has 0 unspecified atom stereocenters. The lowest BCUT2D eigenvalue weighted by Crippen LogP contribution is -2.34. The van der Waals surface area contributed by atoms with E-state index in [9.17, 15) is 10.1 Å². The summed E-state index contributed by atoms with van der Waals surface area (Å²) in [6.07, 6.45) is 3.00. The highest BCUT2D eigenvalue weighted by Gasteiger charge is 2.22. The molecule has 0 aliphatic carbocycles. The largest absolute Gasteiger partial charge is 0.384 e. The van der Waals surface area contributed by atoms with Crippen molar-refractivity contribution in [3.63, 3.8) is 0 Å². The third kappa shape index (κ3) is 2.80. The van der Waals surface area contributed by atoms with Gasteiger partial charge in [0.05, 0.1) is 11.1 Å². The fraction of sp³-hybridized carbons (Fsp3) is 0.250. The fourth-order valence-corrected chi connectivity index (χ4v) is 3.82. The number of rotatable bonds is 3. The number of pyridine rings is 1. The quantitative estimate of drug-likeness (QED) is 0.375. The van der Waals surface area contributed by atoms with Gasteiger partial charge in [-0.05, 0) is 48.6 Å². The number of hydrazine groups is 1. The van der Waals surface area contributed by atoms with Gasteiger partial charge in [0.15, 0.2) is 0 Å². The number of anilines is 1. The third-order valence-corrected chi connectivity index (χ3v) is 4.98. The Balaban J connectivity index is 2.45. The molecule has 0 aliphatic rings. The highest BCUT2D eigenvalue weighted by atomic mass is 16.2. The molecule has 0 fully saturated rings. The monoisotopic (exact) mass is 362 g/mol. The summed E-state index contributed by atoms with van der Waals surface area (Å²) < 4.78 is 1.60. The van der Waals surface area contributed by atoms with Crippen molar-refractivity contribution < 1.29 is 4.79 Å². The molecule has 138 valence electrons. The topological polar surface area (TPSA) is 123 Å². The van der Waals surface area contributed by atoms with Crippen LogP contribution in [0.3, 0.4) is 0 Å². The van der Waals surface area contributed by atoms with E-state index in [1.807, 2.05) is 19.1 Å². The zero-order valence-corrected chi connectivity index (χ0v) is 15.6. The van der Waals surface area contributed by atoms with Gasteiger partial charge in [0, 0.05) is 22.8 Å². The molecule has 0 aliphatic heterocycles. The molecule has 2 heterocycles. The number of amides is 1. The van der Waals surface area contributed by atoms with Crippen molar-refractivity contribution in [2.45, 2.75) is 33.6 Å². The van der Waals surface area contributed by atoms with Crippen molar-refractivity contribution >= 4 is 22.8 Å². The Morgan fingerprint density at radius 1 is 1.26 bits per heavy atom. The molecule has 5 N–H and O–H groups in total. The molecular weight excluding hydrogens is 340 g/mol. The zero-order chi connectivity index (χ0) is 19.7. The van der Waals surface area contributed by atoms with Crippen LogP contribution in [0.25, 0.3) is 22.0 Å². The first-order valence-corrected chi connectivity index (χ1v) is 8.81. The second-order valence-electron chi connectivity index (χ2n) is 6.31. The molecule has 0 bridgehead atoms. The minimum absolute atomic E-state index is 0.359. The number of aromatic nitrogens is 2. The molecule has 7 heteroatoms. The maximum atomic E-state index is 12.3. The van der Waals surface area contributed by atoms with E-state index in [4.69, 9.17) is 11.6 Å². The van der Waals surface area contributed by atoms with Gasteiger partial charge in [-0.15, -0.1) is 0 Å². The van der Waals surface area contributed by atoms with Gasteiger partial charge in [-0.3, -0.25) is 9.99 Å². The first kappa shape index (κ1) is 18.4. The Morgan fingerprint density at radius 2 is 1.96 bits per heavy atom. The number of carbonyl (C=O) groups excluding carboxylic acids is 1. The number of nitrogens with two attached hydrogens (primary N) is 2. The summed E-state index contributed by atoms with van der Waals surface area (Å²) in [5.41, 5.74) is 14.0. The Labute approximate surface area is 157 Å². The van der Waals surface area contributed by atoms with E-state index in [2.05, 4.69) is 30.3 Å². The van der Waals surface area contributed by atoms with Gasteiger partial charge in [0.2, 0.25) is 0 Å². The lowest BCUT2D eigenvalue weighted by atomic mass is 9.91. The number of benzene rings is 1. The van der Waals surface area contributed by atoms with Gasteiger partial charge in [-0.2, -0.15) is 5.26 Å². The summed E-state index contributed by atoms with van der Waals surface area (Å²) in [7, 11) is 0. The predicted octanol–water partition coefficient (Wildman–Crippen LogP) is 3.02. The summed E-state index contributed by atoms with van der Waals surface area (Å²) in [6.45, 7) is 6.03. The number of aryl methyl sites for hydroxylation is 2. The van der Waals surface area contributed by atoms with E-state index < -0.39 is 0 Å².